The van der Waals surface area contributed by atoms with E-state index in [1.807, 2.05) is 0 Å². The van der Waals surface area contributed by atoms with E-state index in [0.717, 1.165) is 0 Å². The third kappa shape index (κ3) is 3.77. The molecular weight excluding hydrogens is 504 g/mol. The quantitative estimate of drug-likeness (QED) is 0.288. The average molecular weight is 535 g/mol. The van der Waals surface area contributed by atoms with Crippen molar-refractivity contribution in [1.29, 1.82) is 0 Å². The first-order valence-electron chi connectivity index (χ1n) is 12.7. The third-order valence-electron chi connectivity index (χ3n) is 8.45. The second-order valence-corrected chi connectivity index (χ2v) is 10.9. The van der Waals surface area contributed by atoms with E-state index in [9.17, 15) is 39.6 Å². The number of Topliss-reactive ketones (excluding diaryl/α,β-unsaturated/α-hetero) is 3. The van der Waals surface area contributed by atoms with Crippen LogP contribution in [0.15, 0.2) is 41.7 Å². The van der Waals surface area contributed by atoms with Gasteiger partial charge in [-0.3, -0.25) is 19.2 Å². The van der Waals surface area contributed by atoms with Crippen LogP contribution in [-0.2, 0) is 16.0 Å². The Morgan fingerprint density at radius 3 is 2.28 bits per heavy atom. The lowest BCUT2D eigenvalue weighted by Gasteiger charge is -2.48. The molecule has 6 N–H and O–H groups in total. The van der Waals surface area contributed by atoms with Gasteiger partial charge in [-0.25, -0.2) is 0 Å². The molecule has 0 heterocycles. The number of fused-ring (bicyclic) bond motifs is 3. The average Bonchev–Trinajstić information content (AvgIpc) is 2.86. The first kappa shape index (κ1) is 26.6. The number of nitrogens with zero attached hydrogens (tertiary/aromatic N) is 1. The molecule has 0 aromatic heterocycles. The molecule has 1 fully saturated rings. The van der Waals surface area contributed by atoms with Crippen LogP contribution < -0.4 is 10.6 Å². The zero-order chi connectivity index (χ0) is 28.5. The molecule has 1 saturated carbocycles. The van der Waals surface area contributed by atoms with Gasteiger partial charge in [-0.15, -0.1) is 0 Å². The van der Waals surface area contributed by atoms with Crippen LogP contribution in [0.1, 0.15) is 46.0 Å². The number of aromatic hydroxyl groups is 1. The summed E-state index contributed by atoms with van der Waals surface area (Å²) in [5.74, 6) is -7.57. The maximum absolute atomic E-state index is 14.0. The number of aliphatic hydroxyl groups excluding tert-OH is 2. The van der Waals surface area contributed by atoms with Crippen molar-refractivity contribution in [2.45, 2.75) is 37.9 Å². The van der Waals surface area contributed by atoms with Crippen molar-refractivity contribution >= 4 is 28.9 Å². The SMILES string of the molecule is CC(=O)c1ccc(-c2cc(N(C)C)c3c(c2O)C(=O)C2=C(O)[C@]4(O)C(=O)C(C(N)=O)C(O)C[C@@H]4C[C@@H]2C3)cc1. The molecule has 0 saturated heterocycles. The van der Waals surface area contributed by atoms with Gasteiger partial charge in [0, 0.05) is 42.4 Å². The minimum atomic E-state index is -2.56. The molecule has 10 nitrogen and oxygen atoms in total. The number of phenolic OH excluding ortho intramolecular Hbond substituents is 1. The summed E-state index contributed by atoms with van der Waals surface area (Å²) >= 11 is 0. The van der Waals surface area contributed by atoms with Gasteiger partial charge in [-0.05, 0) is 49.3 Å². The Bertz CT molecular complexity index is 1480. The number of carbonyl (C=O) groups is 4. The van der Waals surface area contributed by atoms with Crippen LogP contribution in [0.5, 0.6) is 5.75 Å². The minimum absolute atomic E-state index is 0.0542. The summed E-state index contributed by atoms with van der Waals surface area (Å²) in [4.78, 5) is 52.6. The molecule has 2 aromatic rings. The van der Waals surface area contributed by atoms with Crippen molar-refractivity contribution in [3.8, 4) is 16.9 Å². The molecule has 5 atom stereocenters. The Kier molecular flexibility index (Phi) is 6.15. The summed E-state index contributed by atoms with van der Waals surface area (Å²) in [6.45, 7) is 1.44. The molecule has 3 aliphatic rings. The highest BCUT2D eigenvalue weighted by molar-refractivity contribution is 6.17. The van der Waals surface area contributed by atoms with Gasteiger partial charge in [-0.1, -0.05) is 24.3 Å². The molecule has 204 valence electrons. The number of amides is 1. The smallest absolute Gasteiger partial charge is 0.230 e. The van der Waals surface area contributed by atoms with Crippen LogP contribution in [0.3, 0.4) is 0 Å². The van der Waals surface area contributed by atoms with Crippen LogP contribution in [0.4, 0.5) is 5.69 Å². The first-order valence-corrected chi connectivity index (χ1v) is 12.7. The van der Waals surface area contributed by atoms with Gasteiger partial charge in [0.05, 0.1) is 11.7 Å². The molecule has 10 heteroatoms. The molecule has 5 rings (SSSR count). The Morgan fingerprint density at radius 1 is 1.08 bits per heavy atom. The predicted molar refractivity (Wildman–Crippen MR) is 140 cm³/mol. The molecule has 0 bridgehead atoms. The van der Waals surface area contributed by atoms with Crippen molar-refractivity contribution in [3.63, 3.8) is 0 Å². The molecule has 39 heavy (non-hydrogen) atoms. The molecular formula is C29H30N2O8. The molecule has 1 amide bonds. The van der Waals surface area contributed by atoms with Gasteiger partial charge in [0.1, 0.15) is 17.4 Å². The molecule has 0 aliphatic heterocycles. The number of hydrogen-bond donors (Lipinski definition) is 5. The topological polar surface area (TPSA) is 178 Å². The summed E-state index contributed by atoms with van der Waals surface area (Å²) in [5.41, 5.74) is 5.09. The number of hydrogen-bond acceptors (Lipinski definition) is 9. The highest BCUT2D eigenvalue weighted by Gasteiger charge is 2.62. The van der Waals surface area contributed by atoms with Crippen molar-refractivity contribution in [2.75, 3.05) is 19.0 Å². The van der Waals surface area contributed by atoms with E-state index in [1.54, 1.807) is 49.3 Å². The van der Waals surface area contributed by atoms with Crippen LogP contribution in [0, 0.1) is 17.8 Å². The van der Waals surface area contributed by atoms with Crippen molar-refractivity contribution in [1.82, 2.24) is 0 Å². The number of nitrogens with two attached hydrogens (primary N) is 1. The summed E-state index contributed by atoms with van der Waals surface area (Å²) in [6.07, 6.45) is -1.26. The largest absolute Gasteiger partial charge is 0.508 e. The van der Waals surface area contributed by atoms with Gasteiger partial charge < -0.3 is 31.1 Å². The third-order valence-corrected chi connectivity index (χ3v) is 8.45. The fourth-order valence-electron chi connectivity index (χ4n) is 6.48. The van der Waals surface area contributed by atoms with E-state index >= 15 is 0 Å². The van der Waals surface area contributed by atoms with Gasteiger partial charge >= 0.3 is 0 Å². The van der Waals surface area contributed by atoms with Crippen LogP contribution in [-0.4, -0.2) is 69.5 Å². The molecule has 3 aliphatic carbocycles. The van der Waals surface area contributed by atoms with E-state index in [-0.39, 0.29) is 41.9 Å². The maximum atomic E-state index is 14.0. The van der Waals surface area contributed by atoms with Crippen LogP contribution >= 0.6 is 0 Å². The summed E-state index contributed by atoms with van der Waals surface area (Å²) in [7, 11) is 3.59. The molecule has 2 aromatic carbocycles. The zero-order valence-electron chi connectivity index (χ0n) is 21.8. The van der Waals surface area contributed by atoms with Gasteiger partial charge in [-0.2, -0.15) is 0 Å². The molecule has 0 radical (unpaired) electrons. The Labute approximate surface area is 224 Å². The fourth-order valence-corrected chi connectivity index (χ4v) is 6.48. The number of ketones is 3. The summed E-state index contributed by atoms with van der Waals surface area (Å²) in [6, 6.07) is 8.31. The molecule has 0 spiro atoms. The standard InChI is InChI=1S/C29H30N2O8/c1-12(32)13-4-6-14(7-5-13)17-11-19(31(2)3)18-9-15-8-16-10-20(33)23(28(30)38)27(37)29(16,39)26(36)21(15)25(35)22(18)24(17)34/h4-7,11,15-16,20,23,33-34,36,39H,8-10H2,1-3H3,(H2,30,38)/t15-,16+,20?,23?,29+/m1/s1. The summed E-state index contributed by atoms with van der Waals surface area (Å²) < 4.78 is 0. The number of rotatable bonds is 4. The van der Waals surface area contributed by atoms with Gasteiger partial charge in [0.25, 0.3) is 0 Å². The lowest BCUT2D eigenvalue weighted by atomic mass is 9.57. The second kappa shape index (κ2) is 9.03. The lowest BCUT2D eigenvalue weighted by Crippen LogP contribution is -2.63. The number of primary amides is 1. The minimum Gasteiger partial charge on any atom is -0.508 e. The summed E-state index contributed by atoms with van der Waals surface area (Å²) in [5, 5.41) is 44.6. The highest BCUT2D eigenvalue weighted by atomic mass is 16.3. The predicted octanol–water partition coefficient (Wildman–Crippen LogP) is 1.68. The number of allylic oxidation sites excluding steroid dienone is 1. The van der Waals surface area contributed by atoms with Crippen molar-refractivity contribution < 1.29 is 39.6 Å². The van der Waals surface area contributed by atoms with E-state index in [0.29, 0.717) is 27.9 Å². The Morgan fingerprint density at radius 2 is 1.72 bits per heavy atom. The number of carbonyl (C=O) groups excluding carboxylic acids is 4. The van der Waals surface area contributed by atoms with Gasteiger partial charge in [0.2, 0.25) is 5.91 Å². The lowest BCUT2D eigenvalue weighted by molar-refractivity contribution is -0.167. The van der Waals surface area contributed by atoms with E-state index in [4.69, 9.17) is 5.73 Å². The number of anilines is 1. The maximum Gasteiger partial charge on any atom is 0.230 e. The van der Waals surface area contributed by atoms with E-state index in [1.165, 1.54) is 6.92 Å². The van der Waals surface area contributed by atoms with E-state index < -0.39 is 52.7 Å². The number of benzene rings is 2. The van der Waals surface area contributed by atoms with Gasteiger partial charge in [0.15, 0.2) is 23.0 Å². The molecule has 2 unspecified atom stereocenters. The number of phenols is 1. The first-order chi connectivity index (χ1) is 18.3. The van der Waals surface area contributed by atoms with Crippen molar-refractivity contribution in [3.05, 3.63) is 58.4 Å². The van der Waals surface area contributed by atoms with Crippen LogP contribution in [0.2, 0.25) is 0 Å². The fraction of sp³-hybridized carbons (Fsp3) is 0.379. The van der Waals surface area contributed by atoms with Crippen molar-refractivity contribution in [2.24, 2.45) is 23.5 Å². The Hall–Kier alpha value is -4.02. The second-order valence-electron chi connectivity index (χ2n) is 10.9. The Balaban J connectivity index is 1.69. The highest BCUT2D eigenvalue weighted by Crippen LogP contribution is 2.53. The van der Waals surface area contributed by atoms with E-state index in [2.05, 4.69) is 0 Å². The number of aliphatic hydroxyl groups is 3. The monoisotopic (exact) mass is 534 g/mol. The normalized spacial score (nSPS) is 27.9. The zero-order valence-corrected chi connectivity index (χ0v) is 21.8. The van der Waals surface area contributed by atoms with Crippen LogP contribution in [0.25, 0.3) is 11.1 Å².